The van der Waals surface area contributed by atoms with Gasteiger partial charge in [0.15, 0.2) is 17.5 Å². The molecule has 6 heteroatoms. The number of aliphatic imine (C=N–C) groups is 1. The van der Waals surface area contributed by atoms with Crippen LogP contribution in [0.1, 0.15) is 24.8 Å². The first-order valence-electron chi connectivity index (χ1n) is 8.65. The average molecular weight is 333 g/mol. The van der Waals surface area contributed by atoms with Crippen molar-refractivity contribution in [3.05, 3.63) is 23.8 Å². The number of benzene rings is 1. The molecule has 2 aliphatic heterocycles. The molecular formula is C18H27N3O3. The summed E-state index contributed by atoms with van der Waals surface area (Å²) < 4.78 is 16.4. The van der Waals surface area contributed by atoms with Gasteiger partial charge in [-0.3, -0.25) is 4.99 Å². The van der Waals surface area contributed by atoms with E-state index in [1.165, 1.54) is 19.3 Å². The van der Waals surface area contributed by atoms with Gasteiger partial charge >= 0.3 is 0 Å². The summed E-state index contributed by atoms with van der Waals surface area (Å²) in [7, 11) is 3.91. The lowest BCUT2D eigenvalue weighted by Crippen LogP contribution is -2.39. The molecule has 1 aromatic carbocycles. The summed E-state index contributed by atoms with van der Waals surface area (Å²) in [5.41, 5.74) is 1.09. The number of hydrogen-bond donors (Lipinski definition) is 1. The molecule has 0 bridgehead atoms. The monoisotopic (exact) mass is 333 g/mol. The van der Waals surface area contributed by atoms with E-state index in [0.29, 0.717) is 13.3 Å². The van der Waals surface area contributed by atoms with Crippen molar-refractivity contribution in [1.82, 2.24) is 10.2 Å². The van der Waals surface area contributed by atoms with Crippen molar-refractivity contribution in [2.45, 2.75) is 25.8 Å². The Morgan fingerprint density at radius 3 is 2.92 bits per heavy atom. The van der Waals surface area contributed by atoms with Crippen LogP contribution < -0.4 is 14.8 Å². The highest BCUT2D eigenvalue weighted by Crippen LogP contribution is 2.35. The van der Waals surface area contributed by atoms with Crippen LogP contribution in [0.2, 0.25) is 0 Å². The molecule has 6 nitrogen and oxygen atoms in total. The van der Waals surface area contributed by atoms with Crippen molar-refractivity contribution in [3.8, 4) is 11.5 Å². The summed E-state index contributed by atoms with van der Waals surface area (Å²) in [5, 5.41) is 3.42. The number of para-hydroxylation sites is 1. The second-order valence-electron chi connectivity index (χ2n) is 6.32. The minimum Gasteiger partial charge on any atom is -0.454 e. The van der Waals surface area contributed by atoms with E-state index in [1.54, 1.807) is 0 Å². The predicted molar refractivity (Wildman–Crippen MR) is 93.6 cm³/mol. The highest BCUT2D eigenvalue weighted by molar-refractivity contribution is 5.79. The molecule has 0 unspecified atom stereocenters. The number of ether oxygens (including phenoxy) is 3. The van der Waals surface area contributed by atoms with Crippen LogP contribution in [0.5, 0.6) is 11.5 Å². The van der Waals surface area contributed by atoms with Gasteiger partial charge < -0.3 is 24.4 Å². The fraction of sp³-hybridized carbons (Fsp3) is 0.611. The molecule has 0 aliphatic carbocycles. The van der Waals surface area contributed by atoms with Gasteiger partial charge in [-0.05, 0) is 31.2 Å². The third kappa shape index (κ3) is 4.12. The van der Waals surface area contributed by atoms with E-state index in [2.05, 4.69) is 28.3 Å². The number of hydrogen-bond acceptors (Lipinski definition) is 4. The molecule has 1 aromatic rings. The quantitative estimate of drug-likeness (QED) is 0.661. The molecular weight excluding hydrogens is 306 g/mol. The number of rotatable bonds is 5. The van der Waals surface area contributed by atoms with Gasteiger partial charge in [0.1, 0.15) is 0 Å². The molecule has 2 heterocycles. The van der Waals surface area contributed by atoms with E-state index < -0.39 is 0 Å². The fourth-order valence-electron chi connectivity index (χ4n) is 3.21. The Labute approximate surface area is 143 Å². The van der Waals surface area contributed by atoms with Gasteiger partial charge in [-0.25, -0.2) is 0 Å². The summed E-state index contributed by atoms with van der Waals surface area (Å²) in [4.78, 5) is 6.59. The van der Waals surface area contributed by atoms with Crippen LogP contribution in [0.15, 0.2) is 23.2 Å². The smallest absolute Gasteiger partial charge is 0.231 e. The Hall–Kier alpha value is -1.95. The lowest BCUT2D eigenvalue weighted by Gasteiger charge is -2.27. The fourth-order valence-corrected chi connectivity index (χ4v) is 3.21. The standard InChI is InChI=1S/C18H27N3O3/c1-19-18(21(2)9-6-14-7-10-22-11-8-14)20-12-15-4-3-5-16-17(15)24-13-23-16/h3-5,14H,6-13H2,1-2H3,(H,19,20). The SMILES string of the molecule is CN=C(NCc1cccc2c1OCO2)N(C)CCC1CCOCC1. The molecule has 0 aromatic heterocycles. The summed E-state index contributed by atoms with van der Waals surface area (Å²) in [6.45, 7) is 3.77. The molecule has 2 aliphatic rings. The first kappa shape index (κ1) is 16.9. The highest BCUT2D eigenvalue weighted by atomic mass is 16.7. The molecule has 3 rings (SSSR count). The van der Waals surface area contributed by atoms with Gasteiger partial charge in [0.25, 0.3) is 0 Å². The van der Waals surface area contributed by atoms with Crippen molar-refractivity contribution >= 4 is 5.96 Å². The van der Waals surface area contributed by atoms with E-state index in [0.717, 1.165) is 48.7 Å². The summed E-state index contributed by atoms with van der Waals surface area (Å²) in [6.07, 6.45) is 3.53. The molecule has 0 radical (unpaired) electrons. The molecule has 0 saturated carbocycles. The topological polar surface area (TPSA) is 55.3 Å². The average Bonchev–Trinajstić information content (AvgIpc) is 3.11. The van der Waals surface area contributed by atoms with Crippen molar-refractivity contribution in [1.29, 1.82) is 0 Å². The van der Waals surface area contributed by atoms with Crippen LogP contribution in [0.25, 0.3) is 0 Å². The number of fused-ring (bicyclic) bond motifs is 1. The second kappa shape index (κ2) is 8.24. The maximum atomic E-state index is 5.56. The molecule has 1 saturated heterocycles. The molecule has 0 spiro atoms. The van der Waals surface area contributed by atoms with Gasteiger partial charge in [0.2, 0.25) is 6.79 Å². The van der Waals surface area contributed by atoms with E-state index in [-0.39, 0.29) is 0 Å². The Kier molecular flexibility index (Phi) is 5.80. The highest BCUT2D eigenvalue weighted by Gasteiger charge is 2.18. The zero-order chi connectivity index (χ0) is 16.8. The van der Waals surface area contributed by atoms with Crippen molar-refractivity contribution in [2.75, 3.05) is 40.6 Å². The molecule has 132 valence electrons. The molecule has 0 atom stereocenters. The largest absolute Gasteiger partial charge is 0.454 e. The first-order chi connectivity index (χ1) is 11.8. The second-order valence-corrected chi connectivity index (χ2v) is 6.32. The molecule has 24 heavy (non-hydrogen) atoms. The number of nitrogens with zero attached hydrogens (tertiary/aromatic N) is 2. The lowest BCUT2D eigenvalue weighted by molar-refractivity contribution is 0.0625. The Bertz CT molecular complexity index is 571. The van der Waals surface area contributed by atoms with E-state index in [9.17, 15) is 0 Å². The van der Waals surface area contributed by atoms with Gasteiger partial charge in [0.05, 0.1) is 0 Å². The third-order valence-electron chi connectivity index (χ3n) is 4.70. The Balaban J connectivity index is 1.50. The van der Waals surface area contributed by atoms with Crippen molar-refractivity contribution in [3.63, 3.8) is 0 Å². The van der Waals surface area contributed by atoms with Gasteiger partial charge in [-0.15, -0.1) is 0 Å². The molecule has 1 N–H and O–H groups in total. The van der Waals surface area contributed by atoms with Crippen LogP contribution in [-0.4, -0.2) is 51.5 Å². The minimum atomic E-state index is 0.298. The summed E-state index contributed by atoms with van der Waals surface area (Å²) in [5.74, 6) is 3.32. The normalized spacial score (nSPS) is 17.8. The zero-order valence-corrected chi connectivity index (χ0v) is 14.6. The zero-order valence-electron chi connectivity index (χ0n) is 14.6. The van der Waals surface area contributed by atoms with Crippen LogP contribution in [0.3, 0.4) is 0 Å². The van der Waals surface area contributed by atoms with Crippen molar-refractivity contribution in [2.24, 2.45) is 10.9 Å². The van der Waals surface area contributed by atoms with E-state index in [4.69, 9.17) is 14.2 Å². The van der Waals surface area contributed by atoms with Gasteiger partial charge in [0, 0.05) is 46.0 Å². The van der Waals surface area contributed by atoms with Crippen LogP contribution >= 0.6 is 0 Å². The maximum absolute atomic E-state index is 5.56. The van der Waals surface area contributed by atoms with E-state index in [1.807, 2.05) is 19.2 Å². The summed E-state index contributed by atoms with van der Waals surface area (Å²) in [6, 6.07) is 5.97. The van der Waals surface area contributed by atoms with E-state index >= 15 is 0 Å². The van der Waals surface area contributed by atoms with Gasteiger partial charge in [-0.1, -0.05) is 12.1 Å². The molecule has 1 fully saturated rings. The van der Waals surface area contributed by atoms with Gasteiger partial charge in [-0.2, -0.15) is 0 Å². The minimum absolute atomic E-state index is 0.298. The lowest BCUT2D eigenvalue weighted by atomic mass is 9.96. The first-order valence-corrected chi connectivity index (χ1v) is 8.65. The van der Waals surface area contributed by atoms with Crippen molar-refractivity contribution < 1.29 is 14.2 Å². The predicted octanol–water partition coefficient (Wildman–Crippen LogP) is 2.24. The van der Waals surface area contributed by atoms with Crippen LogP contribution in [0, 0.1) is 5.92 Å². The number of nitrogens with one attached hydrogen (secondary N) is 1. The number of guanidine groups is 1. The Morgan fingerprint density at radius 1 is 1.29 bits per heavy atom. The Morgan fingerprint density at radius 2 is 2.12 bits per heavy atom. The molecule has 0 amide bonds. The maximum Gasteiger partial charge on any atom is 0.231 e. The summed E-state index contributed by atoms with van der Waals surface area (Å²) >= 11 is 0. The third-order valence-corrected chi connectivity index (χ3v) is 4.70. The van der Waals surface area contributed by atoms with Crippen LogP contribution in [0.4, 0.5) is 0 Å². The van der Waals surface area contributed by atoms with Crippen LogP contribution in [-0.2, 0) is 11.3 Å².